The van der Waals surface area contributed by atoms with Crippen LogP contribution in [0.5, 0.6) is 0 Å². The van der Waals surface area contributed by atoms with E-state index in [9.17, 15) is 17.2 Å². The van der Waals surface area contributed by atoms with E-state index in [1.54, 1.807) is 12.1 Å². The topological polar surface area (TPSA) is 37.4 Å². The lowest BCUT2D eigenvalue weighted by molar-refractivity contribution is 0.234. The van der Waals surface area contributed by atoms with Crippen LogP contribution >= 0.6 is 11.6 Å². The van der Waals surface area contributed by atoms with Crippen LogP contribution in [0.15, 0.2) is 29.2 Å². The van der Waals surface area contributed by atoms with Gasteiger partial charge in [-0.25, -0.2) is 8.42 Å². The first-order valence-corrected chi connectivity index (χ1v) is 8.93. The van der Waals surface area contributed by atoms with Crippen LogP contribution in [0.3, 0.4) is 0 Å². The Labute approximate surface area is 127 Å². The summed E-state index contributed by atoms with van der Waals surface area (Å²) in [6.45, 7) is 0. The minimum atomic E-state index is -4.60. The molecule has 2 aliphatic rings. The molecule has 0 saturated carbocycles. The third-order valence-corrected chi connectivity index (χ3v) is 6.14. The Morgan fingerprint density at radius 2 is 1.71 bits per heavy atom. The molecule has 2 heterocycles. The van der Waals surface area contributed by atoms with E-state index in [4.69, 9.17) is 11.6 Å². The summed E-state index contributed by atoms with van der Waals surface area (Å²) in [5.74, 6) is -3.40. The van der Waals surface area contributed by atoms with E-state index in [-0.39, 0.29) is 22.4 Å². The van der Waals surface area contributed by atoms with Crippen molar-refractivity contribution in [1.82, 2.24) is 0 Å². The molecular weight excluding hydrogens is 320 g/mol. The van der Waals surface area contributed by atoms with Gasteiger partial charge in [-0.2, -0.15) is 8.78 Å². The maximum atomic E-state index is 12.9. The molecule has 0 aliphatic carbocycles. The molecular formula is C14H16ClF2NO2S. The molecule has 116 valence electrons. The van der Waals surface area contributed by atoms with Crippen molar-refractivity contribution in [2.24, 2.45) is 0 Å². The predicted molar refractivity (Wildman–Crippen MR) is 77.8 cm³/mol. The number of hydrogen-bond donors (Lipinski definition) is 0. The number of nitrogens with zero attached hydrogens (tertiary/aromatic N) is 1. The molecule has 1 aromatic carbocycles. The zero-order valence-corrected chi connectivity index (χ0v) is 12.8. The van der Waals surface area contributed by atoms with Gasteiger partial charge in [-0.05, 0) is 37.8 Å². The Hall–Kier alpha value is -0.880. The molecule has 2 fully saturated rings. The van der Waals surface area contributed by atoms with Gasteiger partial charge in [0.15, 0.2) is 0 Å². The summed E-state index contributed by atoms with van der Waals surface area (Å²) in [5, 5.41) is 0.0811. The highest BCUT2D eigenvalue weighted by atomic mass is 35.5. The van der Waals surface area contributed by atoms with E-state index >= 15 is 0 Å². The monoisotopic (exact) mass is 335 g/mol. The van der Waals surface area contributed by atoms with Gasteiger partial charge >= 0.3 is 5.76 Å². The number of sulfone groups is 1. The van der Waals surface area contributed by atoms with E-state index in [2.05, 4.69) is 0 Å². The zero-order valence-electron chi connectivity index (χ0n) is 11.3. The van der Waals surface area contributed by atoms with Gasteiger partial charge < -0.3 is 4.90 Å². The minimum absolute atomic E-state index is 0.0811. The largest absolute Gasteiger partial charge is 0.364 e. The van der Waals surface area contributed by atoms with Crippen molar-refractivity contribution in [3.8, 4) is 0 Å². The van der Waals surface area contributed by atoms with E-state index in [0.717, 1.165) is 25.7 Å². The van der Waals surface area contributed by atoms with Crippen molar-refractivity contribution in [3.63, 3.8) is 0 Å². The summed E-state index contributed by atoms with van der Waals surface area (Å²) in [4.78, 5) is 1.72. The van der Waals surface area contributed by atoms with Gasteiger partial charge in [0.1, 0.15) is 0 Å². The Morgan fingerprint density at radius 1 is 1.14 bits per heavy atom. The molecule has 2 bridgehead atoms. The van der Waals surface area contributed by atoms with Gasteiger partial charge in [0.05, 0.1) is 10.6 Å². The molecule has 2 atom stereocenters. The van der Waals surface area contributed by atoms with Gasteiger partial charge in [0, 0.05) is 17.5 Å². The van der Waals surface area contributed by atoms with E-state index in [1.165, 1.54) is 12.1 Å². The fraction of sp³-hybridized carbons (Fsp3) is 0.571. The fourth-order valence-corrected chi connectivity index (χ4v) is 4.85. The first-order valence-electron chi connectivity index (χ1n) is 6.94. The standard InChI is InChI=1S/C14H16ClF2NO2S/c15-9-7-10-5-6-11(8-9)18(10)12-3-1-2-4-13(12)21(19,20)14(16)17/h1-4,9-11,14H,5-8H2. The number of benzene rings is 1. The number of halogens is 3. The molecule has 0 amide bonds. The van der Waals surface area contributed by atoms with Gasteiger partial charge in [0.2, 0.25) is 9.84 Å². The number of alkyl halides is 3. The van der Waals surface area contributed by atoms with E-state index < -0.39 is 15.6 Å². The first kappa shape index (κ1) is 15.0. The molecule has 21 heavy (non-hydrogen) atoms. The third-order valence-electron chi connectivity index (χ3n) is 4.36. The van der Waals surface area contributed by atoms with Crippen molar-refractivity contribution < 1.29 is 17.2 Å². The molecule has 0 radical (unpaired) electrons. The summed E-state index contributed by atoms with van der Waals surface area (Å²) in [5.41, 5.74) is 0.397. The van der Waals surface area contributed by atoms with Crippen LogP contribution in [0.2, 0.25) is 0 Å². The Kier molecular flexibility index (Phi) is 3.86. The average molecular weight is 336 g/mol. The third kappa shape index (κ3) is 2.52. The highest BCUT2D eigenvalue weighted by Crippen LogP contribution is 2.43. The van der Waals surface area contributed by atoms with Crippen molar-refractivity contribution in [2.45, 2.75) is 53.8 Å². The van der Waals surface area contributed by atoms with Crippen LogP contribution in [-0.4, -0.2) is 31.6 Å². The van der Waals surface area contributed by atoms with Crippen LogP contribution < -0.4 is 4.90 Å². The van der Waals surface area contributed by atoms with Gasteiger partial charge in [-0.15, -0.1) is 11.6 Å². The first-order chi connectivity index (χ1) is 9.91. The number of hydrogen-bond acceptors (Lipinski definition) is 3. The normalized spacial score (nSPS) is 29.1. The van der Waals surface area contributed by atoms with Crippen LogP contribution in [0.4, 0.5) is 14.5 Å². The van der Waals surface area contributed by atoms with E-state index in [0.29, 0.717) is 5.69 Å². The maximum absolute atomic E-state index is 12.9. The number of rotatable bonds is 3. The van der Waals surface area contributed by atoms with Crippen molar-refractivity contribution >= 4 is 27.1 Å². The lowest BCUT2D eigenvalue weighted by Gasteiger charge is -2.39. The fourth-order valence-electron chi connectivity index (χ4n) is 3.51. The summed E-state index contributed by atoms with van der Waals surface area (Å²) in [6.07, 6.45) is 3.39. The van der Waals surface area contributed by atoms with E-state index in [1.807, 2.05) is 4.90 Å². The van der Waals surface area contributed by atoms with Crippen molar-refractivity contribution in [1.29, 1.82) is 0 Å². The molecule has 3 rings (SSSR count). The summed E-state index contributed by atoms with van der Waals surface area (Å²) in [7, 11) is -4.60. The molecule has 2 saturated heterocycles. The summed E-state index contributed by atoms with van der Waals surface area (Å²) in [6, 6.07) is 6.33. The Balaban J connectivity index is 2.05. The van der Waals surface area contributed by atoms with Crippen LogP contribution in [-0.2, 0) is 9.84 Å². The van der Waals surface area contributed by atoms with Crippen LogP contribution in [0.25, 0.3) is 0 Å². The molecule has 0 spiro atoms. The molecule has 3 nitrogen and oxygen atoms in total. The highest BCUT2D eigenvalue weighted by Gasteiger charge is 2.42. The van der Waals surface area contributed by atoms with Gasteiger partial charge in [-0.1, -0.05) is 12.1 Å². The smallest absolute Gasteiger partial charge is 0.341 e. The molecule has 2 unspecified atom stereocenters. The van der Waals surface area contributed by atoms with Crippen LogP contribution in [0.1, 0.15) is 25.7 Å². The van der Waals surface area contributed by atoms with Crippen LogP contribution in [0, 0.1) is 0 Å². The maximum Gasteiger partial charge on any atom is 0.341 e. The lowest BCUT2D eigenvalue weighted by Crippen LogP contribution is -2.44. The SMILES string of the molecule is O=S(=O)(c1ccccc1N1C2CCC1CC(Cl)C2)C(F)F. The number of piperidine rings is 1. The van der Waals surface area contributed by atoms with Gasteiger partial charge in [-0.3, -0.25) is 0 Å². The Morgan fingerprint density at radius 3 is 2.29 bits per heavy atom. The molecule has 1 aromatic rings. The number of para-hydroxylation sites is 1. The molecule has 2 aliphatic heterocycles. The van der Waals surface area contributed by atoms with Gasteiger partial charge in [0.25, 0.3) is 0 Å². The average Bonchev–Trinajstić information content (AvgIpc) is 2.70. The van der Waals surface area contributed by atoms with Crippen molar-refractivity contribution in [3.05, 3.63) is 24.3 Å². The highest BCUT2D eigenvalue weighted by molar-refractivity contribution is 7.91. The lowest BCUT2D eigenvalue weighted by atomic mass is 10.0. The summed E-state index contributed by atoms with van der Waals surface area (Å²) < 4.78 is 49.6. The number of anilines is 1. The molecule has 0 aromatic heterocycles. The molecule has 0 N–H and O–H groups in total. The van der Waals surface area contributed by atoms with Crippen molar-refractivity contribution in [2.75, 3.05) is 4.90 Å². The number of fused-ring (bicyclic) bond motifs is 2. The Bertz CT molecular complexity index is 624. The second-order valence-corrected chi connectivity index (χ2v) is 8.14. The second-order valence-electron chi connectivity index (χ2n) is 5.63. The second kappa shape index (κ2) is 5.39. The quantitative estimate of drug-likeness (QED) is 0.794. The minimum Gasteiger partial charge on any atom is -0.364 e. The zero-order chi connectivity index (χ0) is 15.2. The molecule has 7 heteroatoms. The predicted octanol–water partition coefficient (Wildman–Crippen LogP) is 3.42. The summed E-state index contributed by atoms with van der Waals surface area (Å²) >= 11 is 6.21.